The van der Waals surface area contributed by atoms with Crippen LogP contribution in [0.5, 0.6) is 5.75 Å². The smallest absolute Gasteiger partial charge is 0.230 e. The summed E-state index contributed by atoms with van der Waals surface area (Å²) in [5.41, 5.74) is 0. The van der Waals surface area contributed by atoms with Gasteiger partial charge in [0.05, 0.1) is 5.75 Å². The van der Waals surface area contributed by atoms with Crippen molar-refractivity contribution in [3.05, 3.63) is 47.2 Å². The van der Waals surface area contributed by atoms with Gasteiger partial charge in [0.2, 0.25) is 5.91 Å². The van der Waals surface area contributed by atoms with Crippen molar-refractivity contribution in [3.8, 4) is 5.75 Å². The molecule has 1 aromatic heterocycles. The van der Waals surface area contributed by atoms with E-state index in [1.165, 1.54) is 11.8 Å². The first-order valence-electron chi connectivity index (χ1n) is 8.45. The second kappa shape index (κ2) is 8.73. The molecule has 26 heavy (non-hydrogen) atoms. The summed E-state index contributed by atoms with van der Waals surface area (Å²) < 4.78 is 8.91. The number of amides is 1. The van der Waals surface area contributed by atoms with Gasteiger partial charge in [-0.2, -0.15) is 0 Å². The molecule has 6 nitrogen and oxygen atoms in total. The number of benzene rings is 1. The van der Waals surface area contributed by atoms with E-state index in [1.54, 1.807) is 6.08 Å². The summed E-state index contributed by atoms with van der Waals surface area (Å²) in [5.74, 6) is 1.82. The highest BCUT2D eigenvalue weighted by atomic mass is 79.9. The number of nitrogens with one attached hydrogen (secondary N) is 1. The topological polar surface area (TPSA) is 69.0 Å². The molecule has 1 unspecified atom stereocenters. The summed E-state index contributed by atoms with van der Waals surface area (Å²) in [6.45, 7) is 6.29. The minimum absolute atomic E-state index is 0.0337. The third-order valence-corrected chi connectivity index (χ3v) is 5.32. The number of rotatable bonds is 9. The molecule has 3 rings (SSSR count). The van der Waals surface area contributed by atoms with E-state index in [0.717, 1.165) is 23.1 Å². The molecule has 1 amide bonds. The van der Waals surface area contributed by atoms with Crippen molar-refractivity contribution in [2.75, 3.05) is 5.75 Å². The molecule has 1 saturated carbocycles. The van der Waals surface area contributed by atoms with E-state index < -0.39 is 0 Å². The summed E-state index contributed by atoms with van der Waals surface area (Å²) in [5, 5.41) is 12.2. The van der Waals surface area contributed by atoms with E-state index in [9.17, 15) is 4.79 Å². The fourth-order valence-electron chi connectivity index (χ4n) is 2.41. The van der Waals surface area contributed by atoms with Crippen molar-refractivity contribution in [2.45, 2.75) is 43.6 Å². The number of ether oxygens (including phenoxy) is 1. The molecule has 1 fully saturated rings. The highest BCUT2D eigenvalue weighted by molar-refractivity contribution is 9.10. The number of thioether (sulfide) groups is 1. The standard InChI is InChI=1S/C18H21BrN4O2S/c1-3-10-23-17(12(2)25-15-8-4-13(19)5-9-15)21-22-18(23)26-11-16(24)20-14-6-7-14/h3-5,8-9,12,14H,1,6-7,10-11H2,2H3,(H,20,24). The maximum absolute atomic E-state index is 11.9. The Morgan fingerprint density at radius 1 is 1.46 bits per heavy atom. The zero-order valence-electron chi connectivity index (χ0n) is 14.5. The van der Waals surface area contributed by atoms with Crippen molar-refractivity contribution < 1.29 is 9.53 Å². The molecule has 1 atom stereocenters. The van der Waals surface area contributed by atoms with E-state index in [0.29, 0.717) is 29.3 Å². The SMILES string of the molecule is C=CCn1c(SCC(=O)NC2CC2)nnc1C(C)Oc1ccc(Br)cc1. The van der Waals surface area contributed by atoms with E-state index >= 15 is 0 Å². The van der Waals surface area contributed by atoms with Gasteiger partial charge < -0.3 is 10.1 Å². The second-order valence-electron chi connectivity index (χ2n) is 6.08. The Balaban J connectivity index is 1.67. The van der Waals surface area contributed by atoms with Crippen LogP contribution in [0.25, 0.3) is 0 Å². The molecule has 2 aromatic rings. The van der Waals surface area contributed by atoms with Crippen LogP contribution in [0.3, 0.4) is 0 Å². The first kappa shape index (κ1) is 19.0. The molecule has 0 aliphatic heterocycles. The molecule has 1 aromatic carbocycles. The lowest BCUT2D eigenvalue weighted by Gasteiger charge is -2.15. The molecular formula is C18H21BrN4O2S. The molecule has 0 radical (unpaired) electrons. The van der Waals surface area contributed by atoms with E-state index in [1.807, 2.05) is 35.8 Å². The number of hydrogen-bond donors (Lipinski definition) is 1. The summed E-state index contributed by atoms with van der Waals surface area (Å²) in [6, 6.07) is 8.01. The number of nitrogens with zero attached hydrogens (tertiary/aromatic N) is 3. The van der Waals surface area contributed by atoms with Crippen LogP contribution < -0.4 is 10.1 Å². The van der Waals surface area contributed by atoms with Crippen LogP contribution in [0.2, 0.25) is 0 Å². The van der Waals surface area contributed by atoms with Crippen LogP contribution in [-0.2, 0) is 11.3 Å². The molecule has 0 bridgehead atoms. The molecule has 1 aliphatic rings. The number of aromatic nitrogens is 3. The number of carbonyl (C=O) groups excluding carboxylic acids is 1. The van der Waals surface area contributed by atoms with Crippen molar-refractivity contribution in [1.29, 1.82) is 0 Å². The largest absolute Gasteiger partial charge is 0.483 e. The van der Waals surface area contributed by atoms with Gasteiger partial charge in [-0.15, -0.1) is 16.8 Å². The number of allylic oxidation sites excluding steroid dienone is 1. The average Bonchev–Trinajstić information content (AvgIpc) is 3.34. The van der Waals surface area contributed by atoms with Gasteiger partial charge in [0, 0.05) is 17.1 Å². The second-order valence-corrected chi connectivity index (χ2v) is 7.94. The van der Waals surface area contributed by atoms with Gasteiger partial charge in [0.25, 0.3) is 0 Å². The minimum Gasteiger partial charge on any atom is -0.483 e. The molecule has 0 saturated heterocycles. The average molecular weight is 437 g/mol. The number of halogens is 1. The maximum atomic E-state index is 11.9. The summed E-state index contributed by atoms with van der Waals surface area (Å²) >= 11 is 4.79. The molecule has 0 spiro atoms. The fraction of sp³-hybridized carbons (Fsp3) is 0.389. The van der Waals surface area contributed by atoms with Gasteiger partial charge in [-0.05, 0) is 44.0 Å². The fourth-order valence-corrected chi connectivity index (χ4v) is 3.44. The van der Waals surface area contributed by atoms with Gasteiger partial charge >= 0.3 is 0 Å². The van der Waals surface area contributed by atoms with Crippen LogP contribution in [0.1, 0.15) is 31.7 Å². The van der Waals surface area contributed by atoms with Gasteiger partial charge in [-0.25, -0.2) is 0 Å². The van der Waals surface area contributed by atoms with Crippen LogP contribution >= 0.6 is 27.7 Å². The van der Waals surface area contributed by atoms with E-state index in [2.05, 4.69) is 38.0 Å². The summed E-state index contributed by atoms with van der Waals surface area (Å²) in [7, 11) is 0. The zero-order valence-corrected chi connectivity index (χ0v) is 16.9. The van der Waals surface area contributed by atoms with Crippen LogP contribution in [-0.4, -0.2) is 32.5 Å². The lowest BCUT2D eigenvalue weighted by Crippen LogP contribution is -2.27. The number of hydrogen-bond acceptors (Lipinski definition) is 5. The minimum atomic E-state index is -0.279. The van der Waals surface area contributed by atoms with E-state index in [-0.39, 0.29) is 12.0 Å². The molecule has 138 valence electrons. The van der Waals surface area contributed by atoms with Crippen molar-refractivity contribution >= 4 is 33.6 Å². The number of carbonyl (C=O) groups is 1. The quantitative estimate of drug-likeness (QED) is 0.478. The van der Waals surface area contributed by atoms with Crippen molar-refractivity contribution in [1.82, 2.24) is 20.1 Å². The first-order valence-corrected chi connectivity index (χ1v) is 10.2. The predicted octanol–water partition coefficient (Wildman–Crippen LogP) is 3.74. The molecule has 1 heterocycles. The molecule has 1 aliphatic carbocycles. The molecule has 1 N–H and O–H groups in total. The van der Waals surface area contributed by atoms with Crippen LogP contribution in [0.15, 0.2) is 46.5 Å². The zero-order chi connectivity index (χ0) is 18.5. The van der Waals surface area contributed by atoms with Gasteiger partial charge in [-0.3, -0.25) is 9.36 Å². The van der Waals surface area contributed by atoms with E-state index in [4.69, 9.17) is 4.74 Å². The Labute approximate surface area is 165 Å². The third kappa shape index (κ3) is 5.11. The van der Waals surface area contributed by atoms with Crippen LogP contribution in [0.4, 0.5) is 0 Å². The highest BCUT2D eigenvalue weighted by Crippen LogP contribution is 2.26. The Morgan fingerprint density at radius 3 is 2.85 bits per heavy atom. The van der Waals surface area contributed by atoms with Gasteiger partial charge in [-0.1, -0.05) is 33.8 Å². The lowest BCUT2D eigenvalue weighted by atomic mass is 10.3. The van der Waals surface area contributed by atoms with Crippen LogP contribution in [0, 0.1) is 0 Å². The van der Waals surface area contributed by atoms with Gasteiger partial charge in [0.15, 0.2) is 17.1 Å². The Kier molecular flexibility index (Phi) is 6.37. The third-order valence-electron chi connectivity index (χ3n) is 3.82. The monoisotopic (exact) mass is 436 g/mol. The van der Waals surface area contributed by atoms with Crippen molar-refractivity contribution in [2.24, 2.45) is 0 Å². The summed E-state index contributed by atoms with van der Waals surface area (Å²) in [6.07, 6.45) is 3.67. The normalized spacial score (nSPS) is 14.7. The Bertz CT molecular complexity index is 774. The van der Waals surface area contributed by atoms with Gasteiger partial charge in [0.1, 0.15) is 5.75 Å². The molecule has 8 heteroatoms. The Hall–Kier alpha value is -1.80. The summed E-state index contributed by atoms with van der Waals surface area (Å²) in [4.78, 5) is 11.9. The first-order chi connectivity index (χ1) is 12.6. The maximum Gasteiger partial charge on any atom is 0.230 e. The Morgan fingerprint density at radius 2 is 2.19 bits per heavy atom. The highest BCUT2D eigenvalue weighted by Gasteiger charge is 2.24. The lowest BCUT2D eigenvalue weighted by molar-refractivity contribution is -0.118. The van der Waals surface area contributed by atoms with Crippen molar-refractivity contribution in [3.63, 3.8) is 0 Å². The predicted molar refractivity (Wildman–Crippen MR) is 105 cm³/mol. The molecular weight excluding hydrogens is 416 g/mol.